The van der Waals surface area contributed by atoms with Gasteiger partial charge in [-0.1, -0.05) is 13.8 Å². The van der Waals surface area contributed by atoms with Crippen LogP contribution in [0.2, 0.25) is 0 Å². The third-order valence-corrected chi connectivity index (χ3v) is 7.60. The molecular weight excluding hydrogens is 606 g/mol. The average Bonchev–Trinajstić information content (AvgIpc) is 3.72. The summed E-state index contributed by atoms with van der Waals surface area (Å²) in [5.41, 5.74) is -0.516. The molecule has 3 amide bonds. The smallest absolute Gasteiger partial charge is 0.409 e. The highest BCUT2D eigenvalue weighted by atomic mass is 19.3. The van der Waals surface area contributed by atoms with Gasteiger partial charge in [0, 0.05) is 18.7 Å². The Morgan fingerprint density at radius 1 is 1.11 bits per heavy atom. The first-order valence-electron chi connectivity index (χ1n) is 15.6. The number of nitrogens with one attached hydrogen (secondary N) is 2. The second kappa shape index (κ2) is 15.0. The van der Waals surface area contributed by atoms with Crippen molar-refractivity contribution in [1.29, 1.82) is 0 Å². The minimum absolute atomic E-state index is 0.00510. The molecule has 1 aliphatic heterocycles. The molecule has 0 radical (unpaired) electrons. The number of ether oxygens (including phenoxy) is 4. The van der Waals surface area contributed by atoms with Crippen LogP contribution in [0.25, 0.3) is 11.5 Å². The van der Waals surface area contributed by atoms with Crippen LogP contribution in [0, 0.1) is 11.8 Å². The molecule has 2 fully saturated rings. The summed E-state index contributed by atoms with van der Waals surface area (Å²) in [4.78, 5) is 45.0. The van der Waals surface area contributed by atoms with Crippen molar-refractivity contribution >= 4 is 18.1 Å². The van der Waals surface area contributed by atoms with Crippen LogP contribution in [0.3, 0.4) is 0 Å². The molecule has 1 saturated carbocycles. The van der Waals surface area contributed by atoms with Gasteiger partial charge >= 0.3 is 18.8 Å². The summed E-state index contributed by atoms with van der Waals surface area (Å²) >= 11 is 0. The summed E-state index contributed by atoms with van der Waals surface area (Å²) in [6.45, 7) is 6.80. The van der Waals surface area contributed by atoms with E-state index in [1.807, 2.05) is 13.8 Å². The van der Waals surface area contributed by atoms with E-state index >= 15 is 0 Å². The standard InChI is InChI=1S/C32H44F2N4O8/c1-18(2)24(37-30(40)46-32(3,4)5)26-25(27(39)35-16-21-9-7-8-14-38(21)31(41)42-6)36-28(45-26)20-12-13-22(44-29(33)34)23(15-20)43-17-19-10-11-19/h12-13,15,18-19,21,24,29H,7-11,14,16-17H2,1-6H3,(H,35,39)(H,37,40)/t21?,24-/m0/s1. The van der Waals surface area contributed by atoms with E-state index in [2.05, 4.69) is 20.4 Å². The molecule has 2 aliphatic rings. The van der Waals surface area contributed by atoms with Crippen molar-refractivity contribution in [2.75, 3.05) is 26.8 Å². The highest BCUT2D eigenvalue weighted by Crippen LogP contribution is 2.38. The normalized spacial score (nSPS) is 17.4. The lowest BCUT2D eigenvalue weighted by Crippen LogP contribution is -2.49. The zero-order valence-electron chi connectivity index (χ0n) is 27.2. The number of nitrogens with zero attached hydrogens (tertiary/aromatic N) is 2. The first-order chi connectivity index (χ1) is 21.8. The van der Waals surface area contributed by atoms with Gasteiger partial charge in [-0.25, -0.2) is 14.6 Å². The number of oxazole rings is 1. The molecule has 2 atom stereocenters. The molecule has 1 unspecified atom stereocenters. The number of rotatable bonds is 12. The molecule has 2 aromatic rings. The molecule has 1 aliphatic carbocycles. The molecular formula is C32H44F2N4O8. The van der Waals surface area contributed by atoms with E-state index in [9.17, 15) is 23.2 Å². The second-order valence-electron chi connectivity index (χ2n) is 12.9. The number of methoxy groups -OCH3 is 1. The molecule has 1 aromatic heterocycles. The molecule has 12 nitrogen and oxygen atoms in total. The third-order valence-electron chi connectivity index (χ3n) is 7.60. The third kappa shape index (κ3) is 9.46. The van der Waals surface area contributed by atoms with Crippen molar-refractivity contribution in [3.8, 4) is 23.0 Å². The van der Waals surface area contributed by atoms with Gasteiger partial charge in [0.15, 0.2) is 23.0 Å². The van der Waals surface area contributed by atoms with Gasteiger partial charge in [0.25, 0.3) is 5.91 Å². The average molecular weight is 651 g/mol. The highest BCUT2D eigenvalue weighted by molar-refractivity contribution is 5.94. The first kappa shape index (κ1) is 34.8. The molecule has 2 N–H and O–H groups in total. The number of carbonyl (C=O) groups is 3. The highest BCUT2D eigenvalue weighted by Gasteiger charge is 2.34. The maximum atomic E-state index is 13.7. The van der Waals surface area contributed by atoms with Gasteiger partial charge < -0.3 is 38.9 Å². The second-order valence-corrected chi connectivity index (χ2v) is 12.9. The van der Waals surface area contributed by atoms with Crippen LogP contribution in [0.5, 0.6) is 11.5 Å². The number of aromatic nitrogens is 1. The largest absolute Gasteiger partial charge is 0.489 e. The van der Waals surface area contributed by atoms with E-state index in [1.54, 1.807) is 25.7 Å². The number of carbonyl (C=O) groups excluding carboxylic acids is 3. The van der Waals surface area contributed by atoms with Gasteiger partial charge in [0.2, 0.25) is 5.89 Å². The lowest BCUT2D eigenvalue weighted by molar-refractivity contribution is -0.0515. The molecule has 0 bridgehead atoms. The lowest BCUT2D eigenvalue weighted by atomic mass is 10.00. The van der Waals surface area contributed by atoms with Crippen molar-refractivity contribution in [3.63, 3.8) is 0 Å². The molecule has 2 heterocycles. The maximum Gasteiger partial charge on any atom is 0.409 e. The summed E-state index contributed by atoms with van der Waals surface area (Å²) in [5, 5.41) is 5.66. The molecule has 254 valence electrons. The van der Waals surface area contributed by atoms with E-state index in [4.69, 9.17) is 18.6 Å². The number of hydrogen-bond donors (Lipinski definition) is 2. The molecule has 14 heteroatoms. The predicted molar refractivity (Wildman–Crippen MR) is 163 cm³/mol. The van der Waals surface area contributed by atoms with Crippen molar-refractivity contribution in [2.45, 2.75) is 91.0 Å². The summed E-state index contributed by atoms with van der Waals surface area (Å²) < 4.78 is 53.3. The quantitative estimate of drug-likeness (QED) is 0.271. The summed E-state index contributed by atoms with van der Waals surface area (Å²) in [6.07, 6.45) is 3.20. The fourth-order valence-electron chi connectivity index (χ4n) is 5.10. The number of halogens is 2. The SMILES string of the molecule is COC(=O)N1CCCCC1CNC(=O)c1nc(-c2ccc(OC(F)F)c(OCC3CC3)c2)oc1[C@@H](NC(=O)OC(C)(C)C)C(C)C. The van der Waals surface area contributed by atoms with Gasteiger partial charge in [-0.15, -0.1) is 0 Å². The fraction of sp³-hybridized carbons (Fsp3) is 0.625. The van der Waals surface area contributed by atoms with Gasteiger partial charge in [-0.3, -0.25) is 4.79 Å². The van der Waals surface area contributed by atoms with E-state index in [0.29, 0.717) is 31.1 Å². The predicted octanol–water partition coefficient (Wildman–Crippen LogP) is 6.30. The van der Waals surface area contributed by atoms with E-state index in [-0.39, 0.29) is 47.3 Å². The number of amides is 3. The molecule has 1 aromatic carbocycles. The van der Waals surface area contributed by atoms with Crippen molar-refractivity contribution in [2.24, 2.45) is 11.8 Å². The van der Waals surface area contributed by atoms with Crippen molar-refractivity contribution in [1.82, 2.24) is 20.5 Å². The minimum Gasteiger partial charge on any atom is -0.489 e. The number of benzene rings is 1. The van der Waals surface area contributed by atoms with Gasteiger partial charge in [-0.2, -0.15) is 8.78 Å². The van der Waals surface area contributed by atoms with Gasteiger partial charge in [0.05, 0.1) is 25.8 Å². The Labute approximate surface area is 267 Å². The Morgan fingerprint density at radius 3 is 2.48 bits per heavy atom. The number of hydrogen-bond acceptors (Lipinski definition) is 9. The van der Waals surface area contributed by atoms with E-state index in [0.717, 1.165) is 25.7 Å². The van der Waals surface area contributed by atoms with Crippen LogP contribution >= 0.6 is 0 Å². The Hall–Kier alpha value is -4.10. The lowest BCUT2D eigenvalue weighted by Gasteiger charge is -2.34. The number of alkyl halides is 2. The summed E-state index contributed by atoms with van der Waals surface area (Å²) in [5.74, 6) is -0.481. The van der Waals surface area contributed by atoms with Crippen molar-refractivity contribution < 1.29 is 46.5 Å². The van der Waals surface area contributed by atoms with Crippen LogP contribution in [0.1, 0.15) is 89.0 Å². The zero-order valence-corrected chi connectivity index (χ0v) is 27.2. The Balaban J connectivity index is 1.68. The number of piperidine rings is 1. The summed E-state index contributed by atoms with van der Waals surface area (Å²) in [6, 6.07) is 3.16. The Kier molecular flexibility index (Phi) is 11.3. The maximum absolute atomic E-state index is 13.7. The minimum atomic E-state index is -3.05. The van der Waals surface area contributed by atoms with Crippen LogP contribution in [-0.4, -0.2) is 73.0 Å². The fourth-order valence-corrected chi connectivity index (χ4v) is 5.10. The van der Waals surface area contributed by atoms with E-state index < -0.39 is 36.3 Å². The Morgan fingerprint density at radius 2 is 1.85 bits per heavy atom. The molecule has 1 saturated heterocycles. The van der Waals surface area contributed by atoms with E-state index in [1.165, 1.54) is 25.3 Å². The molecule has 0 spiro atoms. The first-order valence-corrected chi connectivity index (χ1v) is 15.6. The summed E-state index contributed by atoms with van der Waals surface area (Å²) in [7, 11) is 1.31. The van der Waals surface area contributed by atoms with Crippen LogP contribution in [0.15, 0.2) is 22.6 Å². The number of likely N-dealkylation sites (tertiary alicyclic amines) is 1. The van der Waals surface area contributed by atoms with Gasteiger partial charge in [0.1, 0.15) is 5.60 Å². The van der Waals surface area contributed by atoms with Crippen molar-refractivity contribution in [3.05, 3.63) is 29.7 Å². The molecule has 4 rings (SSSR count). The topological polar surface area (TPSA) is 141 Å². The Bertz CT molecular complexity index is 1370. The number of alkyl carbamates (subject to hydrolysis) is 1. The monoisotopic (exact) mass is 650 g/mol. The van der Waals surface area contributed by atoms with Crippen LogP contribution < -0.4 is 20.1 Å². The molecule has 46 heavy (non-hydrogen) atoms. The van der Waals surface area contributed by atoms with Crippen LogP contribution in [-0.2, 0) is 9.47 Å². The zero-order chi connectivity index (χ0) is 33.6. The van der Waals surface area contributed by atoms with Gasteiger partial charge in [-0.05, 0) is 82.9 Å². The van der Waals surface area contributed by atoms with Crippen LogP contribution in [0.4, 0.5) is 18.4 Å².